The quantitative estimate of drug-likeness (QED) is 0.879. The average Bonchev–Trinajstić information content (AvgIpc) is 2.39. The molecule has 0 saturated heterocycles. The first-order chi connectivity index (χ1) is 8.29. The number of Topliss-reactive ketones (excluding diaryl/α,β-unsaturated/α-hetero) is 1. The molecule has 1 saturated carbocycles. The highest BCUT2D eigenvalue weighted by molar-refractivity contribution is 5.90. The molecule has 0 spiro atoms. The number of halogens is 1. The summed E-state index contributed by atoms with van der Waals surface area (Å²) in [6.07, 6.45) is 3.50. The zero-order chi connectivity index (χ0) is 12.1. The highest BCUT2D eigenvalue weighted by Gasteiger charge is 2.40. The zero-order valence-electron chi connectivity index (χ0n) is 10.4. The van der Waals surface area contributed by atoms with Gasteiger partial charge >= 0.3 is 0 Å². The molecule has 2 N–H and O–H groups in total. The van der Waals surface area contributed by atoms with Crippen molar-refractivity contribution in [3.63, 3.8) is 0 Å². The van der Waals surface area contributed by atoms with Crippen molar-refractivity contribution in [2.45, 2.75) is 31.2 Å². The normalized spacial score (nSPS) is 23.5. The Kier molecular flexibility index (Phi) is 5.79. The number of hydrogen-bond donors (Lipinski definition) is 2. The average molecular weight is 270 g/mol. The number of aliphatic hydroxyl groups is 1. The third-order valence-electron chi connectivity index (χ3n) is 3.49. The first-order valence-corrected chi connectivity index (χ1v) is 6.24. The fraction of sp³-hybridized carbons (Fsp3) is 0.500. The molecule has 2 rings (SSSR count). The molecule has 1 aromatic rings. The van der Waals surface area contributed by atoms with Crippen molar-refractivity contribution in [1.82, 2.24) is 5.32 Å². The van der Waals surface area contributed by atoms with E-state index in [2.05, 4.69) is 5.32 Å². The van der Waals surface area contributed by atoms with Crippen molar-refractivity contribution in [2.75, 3.05) is 13.2 Å². The Morgan fingerprint density at radius 3 is 2.56 bits per heavy atom. The number of ketones is 1. The van der Waals surface area contributed by atoms with E-state index in [9.17, 15) is 4.79 Å². The summed E-state index contributed by atoms with van der Waals surface area (Å²) in [5.41, 5.74) is 0.459. The Morgan fingerprint density at radius 1 is 1.22 bits per heavy atom. The molecule has 1 aliphatic carbocycles. The summed E-state index contributed by atoms with van der Waals surface area (Å²) in [6, 6.07) is 9.86. The predicted octanol–water partition coefficient (Wildman–Crippen LogP) is 2.03. The third kappa shape index (κ3) is 2.91. The number of aliphatic hydroxyl groups excluding tert-OH is 1. The van der Waals surface area contributed by atoms with Crippen LogP contribution in [0.5, 0.6) is 0 Å². The minimum atomic E-state index is -0.567. The highest BCUT2D eigenvalue weighted by Crippen LogP contribution is 2.34. The number of benzene rings is 1. The van der Waals surface area contributed by atoms with E-state index in [-0.39, 0.29) is 24.8 Å². The molecule has 100 valence electrons. The molecule has 4 heteroatoms. The van der Waals surface area contributed by atoms with Crippen LogP contribution < -0.4 is 5.32 Å². The first-order valence-electron chi connectivity index (χ1n) is 6.24. The fourth-order valence-electron chi connectivity index (χ4n) is 2.61. The van der Waals surface area contributed by atoms with Gasteiger partial charge in [-0.3, -0.25) is 10.1 Å². The van der Waals surface area contributed by atoms with Gasteiger partial charge in [0.2, 0.25) is 0 Å². The van der Waals surface area contributed by atoms with Crippen molar-refractivity contribution in [2.24, 2.45) is 0 Å². The van der Waals surface area contributed by atoms with Crippen molar-refractivity contribution < 1.29 is 9.90 Å². The van der Waals surface area contributed by atoms with Crippen LogP contribution in [0.2, 0.25) is 0 Å². The van der Waals surface area contributed by atoms with Crippen LogP contribution in [-0.2, 0) is 10.3 Å². The van der Waals surface area contributed by atoms with E-state index in [1.807, 2.05) is 30.3 Å². The molecule has 0 bridgehead atoms. The molecule has 0 unspecified atom stereocenters. The maximum absolute atomic E-state index is 12.3. The van der Waals surface area contributed by atoms with Crippen molar-refractivity contribution in [3.05, 3.63) is 35.9 Å². The van der Waals surface area contributed by atoms with Gasteiger partial charge in [0.1, 0.15) is 5.54 Å². The topological polar surface area (TPSA) is 49.3 Å². The molecular weight excluding hydrogens is 250 g/mol. The minimum absolute atomic E-state index is 0. The zero-order valence-corrected chi connectivity index (χ0v) is 11.2. The van der Waals surface area contributed by atoms with Crippen LogP contribution in [0.4, 0.5) is 0 Å². The summed E-state index contributed by atoms with van der Waals surface area (Å²) in [5, 5.41) is 12.2. The van der Waals surface area contributed by atoms with Gasteiger partial charge in [-0.15, -0.1) is 12.4 Å². The molecule has 0 heterocycles. The van der Waals surface area contributed by atoms with Gasteiger partial charge in [0.25, 0.3) is 0 Å². The van der Waals surface area contributed by atoms with Crippen LogP contribution in [0, 0.1) is 0 Å². The fourth-order valence-corrected chi connectivity index (χ4v) is 2.61. The lowest BCUT2D eigenvalue weighted by atomic mass is 9.75. The van der Waals surface area contributed by atoms with E-state index < -0.39 is 5.54 Å². The van der Waals surface area contributed by atoms with Crippen molar-refractivity contribution in [1.29, 1.82) is 0 Å². The predicted molar refractivity (Wildman–Crippen MR) is 73.9 cm³/mol. The van der Waals surface area contributed by atoms with Gasteiger partial charge in [0.05, 0.1) is 6.61 Å². The lowest BCUT2D eigenvalue weighted by Gasteiger charge is -2.37. The molecular formula is C14H20ClNO2. The molecule has 3 nitrogen and oxygen atoms in total. The Labute approximate surface area is 114 Å². The SMILES string of the molecule is Cl.O=C1CCCC[C@@]1(NCCO)c1ccccc1. The molecule has 0 aliphatic heterocycles. The Morgan fingerprint density at radius 2 is 1.94 bits per heavy atom. The second-order valence-electron chi connectivity index (χ2n) is 4.55. The van der Waals surface area contributed by atoms with Gasteiger partial charge < -0.3 is 5.11 Å². The van der Waals surface area contributed by atoms with Gasteiger partial charge in [-0.05, 0) is 18.4 Å². The summed E-state index contributed by atoms with van der Waals surface area (Å²) >= 11 is 0. The van der Waals surface area contributed by atoms with Crippen molar-refractivity contribution >= 4 is 18.2 Å². The van der Waals surface area contributed by atoms with Crippen LogP contribution in [0.1, 0.15) is 31.2 Å². The van der Waals surface area contributed by atoms with Gasteiger partial charge in [-0.1, -0.05) is 36.8 Å². The van der Waals surface area contributed by atoms with Crippen LogP contribution in [0.15, 0.2) is 30.3 Å². The van der Waals surface area contributed by atoms with Gasteiger partial charge in [0.15, 0.2) is 5.78 Å². The van der Waals surface area contributed by atoms with E-state index in [0.29, 0.717) is 13.0 Å². The van der Waals surface area contributed by atoms with E-state index in [0.717, 1.165) is 24.8 Å². The standard InChI is InChI=1S/C14H19NO2.ClH/c16-11-10-15-14(9-5-4-8-13(14)17)12-6-2-1-3-7-12;/h1-3,6-7,15-16H,4-5,8-11H2;1H/t14-;/m1./s1. The minimum Gasteiger partial charge on any atom is -0.395 e. The molecule has 0 amide bonds. The van der Waals surface area contributed by atoms with Crippen molar-refractivity contribution in [3.8, 4) is 0 Å². The third-order valence-corrected chi connectivity index (χ3v) is 3.49. The molecule has 1 aliphatic rings. The summed E-state index contributed by atoms with van der Waals surface area (Å²) in [6.45, 7) is 0.516. The molecule has 1 fully saturated rings. The lowest BCUT2D eigenvalue weighted by molar-refractivity contribution is -0.128. The van der Waals surface area contributed by atoms with Crippen LogP contribution in [0.25, 0.3) is 0 Å². The molecule has 18 heavy (non-hydrogen) atoms. The van der Waals surface area contributed by atoms with E-state index >= 15 is 0 Å². The second kappa shape index (κ2) is 6.88. The summed E-state index contributed by atoms with van der Waals surface area (Å²) in [4.78, 5) is 12.3. The van der Waals surface area contributed by atoms with E-state index in [4.69, 9.17) is 5.11 Å². The number of hydrogen-bond acceptors (Lipinski definition) is 3. The molecule has 0 radical (unpaired) electrons. The van der Waals surface area contributed by atoms with Crippen LogP contribution in [-0.4, -0.2) is 24.0 Å². The van der Waals surface area contributed by atoms with Gasteiger partial charge in [-0.2, -0.15) is 0 Å². The molecule has 0 aromatic heterocycles. The second-order valence-corrected chi connectivity index (χ2v) is 4.55. The number of nitrogens with one attached hydrogen (secondary N) is 1. The first kappa shape index (κ1) is 15.2. The molecule has 1 atom stereocenters. The van der Waals surface area contributed by atoms with Crippen LogP contribution in [0.3, 0.4) is 0 Å². The number of rotatable bonds is 4. The maximum Gasteiger partial charge on any atom is 0.157 e. The Hall–Kier alpha value is -0.900. The summed E-state index contributed by atoms with van der Waals surface area (Å²) in [7, 11) is 0. The highest BCUT2D eigenvalue weighted by atomic mass is 35.5. The molecule has 1 aromatic carbocycles. The smallest absolute Gasteiger partial charge is 0.157 e. The number of carbonyl (C=O) groups is 1. The van der Waals surface area contributed by atoms with Gasteiger partial charge in [-0.25, -0.2) is 0 Å². The summed E-state index contributed by atoms with van der Waals surface area (Å²) in [5.74, 6) is 0.253. The Balaban J connectivity index is 0.00000162. The largest absolute Gasteiger partial charge is 0.395 e. The monoisotopic (exact) mass is 269 g/mol. The maximum atomic E-state index is 12.3. The lowest BCUT2D eigenvalue weighted by Crippen LogP contribution is -2.51. The number of carbonyl (C=O) groups excluding carboxylic acids is 1. The van der Waals surface area contributed by atoms with Crippen LogP contribution >= 0.6 is 12.4 Å². The van der Waals surface area contributed by atoms with E-state index in [1.54, 1.807) is 0 Å². The Bertz CT molecular complexity index is 383. The summed E-state index contributed by atoms with van der Waals surface area (Å²) < 4.78 is 0. The van der Waals surface area contributed by atoms with E-state index in [1.165, 1.54) is 0 Å². The van der Waals surface area contributed by atoms with Gasteiger partial charge in [0, 0.05) is 13.0 Å².